The number of nitrogens with one attached hydrogen (secondary N) is 1. The van der Waals surface area contributed by atoms with Crippen molar-refractivity contribution < 1.29 is 4.79 Å². The lowest BCUT2D eigenvalue weighted by atomic mass is 9.83. The lowest BCUT2D eigenvalue weighted by Crippen LogP contribution is -2.51. The molecule has 1 fully saturated rings. The Bertz CT molecular complexity index is 616. The Labute approximate surface area is 126 Å². The summed E-state index contributed by atoms with van der Waals surface area (Å²) in [6.07, 6.45) is 9.22. The van der Waals surface area contributed by atoms with Crippen LogP contribution in [0.1, 0.15) is 42.5 Å². The number of halogens is 1. The van der Waals surface area contributed by atoms with E-state index in [1.807, 2.05) is 24.4 Å². The molecule has 1 saturated carbocycles. The van der Waals surface area contributed by atoms with Crippen LogP contribution in [0.3, 0.4) is 0 Å². The normalized spacial score (nSPS) is 18.1. The molecule has 0 atom stereocenters. The molecular weight excluding hydrogens is 318 g/mol. The van der Waals surface area contributed by atoms with Gasteiger partial charge in [0.15, 0.2) is 0 Å². The van der Waals surface area contributed by atoms with E-state index in [9.17, 15) is 4.79 Å². The molecule has 0 aromatic carbocycles. The van der Waals surface area contributed by atoms with Crippen molar-refractivity contribution in [1.82, 2.24) is 14.9 Å². The maximum absolute atomic E-state index is 12.6. The van der Waals surface area contributed by atoms with Crippen LogP contribution in [0.25, 0.3) is 5.52 Å². The molecule has 0 bridgehead atoms. The number of pyridine rings is 1. The molecule has 1 amide bonds. The summed E-state index contributed by atoms with van der Waals surface area (Å²) in [6, 6.07) is 5.75. The van der Waals surface area contributed by atoms with Crippen LogP contribution in [-0.2, 0) is 0 Å². The first kappa shape index (κ1) is 13.6. The van der Waals surface area contributed by atoms with Gasteiger partial charge in [-0.2, -0.15) is 5.10 Å². The molecule has 2 heterocycles. The van der Waals surface area contributed by atoms with Crippen LogP contribution in [0.2, 0.25) is 0 Å². The number of aromatic nitrogens is 2. The first-order valence-corrected chi connectivity index (χ1v) is 8.17. The van der Waals surface area contributed by atoms with Crippen molar-refractivity contribution in [3.05, 3.63) is 36.2 Å². The standard InChI is InChI=1S/C15H18BrN3O/c16-11-15(7-3-1-4-8-15)18-14(20)12-10-17-19-9-5-2-6-13(12)19/h2,5-6,9-10H,1,3-4,7-8,11H2,(H,18,20). The average Bonchev–Trinajstić information content (AvgIpc) is 2.92. The van der Waals surface area contributed by atoms with Crippen molar-refractivity contribution in [3.8, 4) is 0 Å². The van der Waals surface area contributed by atoms with Crippen molar-refractivity contribution >= 4 is 27.4 Å². The molecule has 2 aromatic rings. The van der Waals surface area contributed by atoms with Gasteiger partial charge in [0.25, 0.3) is 5.91 Å². The van der Waals surface area contributed by atoms with Crippen molar-refractivity contribution in [2.24, 2.45) is 0 Å². The molecule has 0 aliphatic heterocycles. The lowest BCUT2D eigenvalue weighted by molar-refractivity contribution is 0.0888. The number of carbonyl (C=O) groups is 1. The molecule has 4 nitrogen and oxygen atoms in total. The molecule has 1 aliphatic rings. The first-order valence-electron chi connectivity index (χ1n) is 7.05. The zero-order chi connectivity index (χ0) is 14.0. The SMILES string of the molecule is O=C(NC1(CBr)CCCCC1)c1cnn2ccccc12. The summed E-state index contributed by atoms with van der Waals surface area (Å²) in [5.41, 5.74) is 1.40. The molecule has 3 rings (SSSR count). The summed E-state index contributed by atoms with van der Waals surface area (Å²) in [6.45, 7) is 0. The van der Waals surface area contributed by atoms with Crippen molar-refractivity contribution in [2.45, 2.75) is 37.6 Å². The minimum Gasteiger partial charge on any atom is -0.346 e. The molecular formula is C15H18BrN3O. The highest BCUT2D eigenvalue weighted by Crippen LogP contribution is 2.30. The Balaban J connectivity index is 1.85. The summed E-state index contributed by atoms with van der Waals surface area (Å²) < 4.78 is 1.73. The van der Waals surface area contributed by atoms with Gasteiger partial charge in [-0.25, -0.2) is 4.52 Å². The maximum atomic E-state index is 12.6. The number of alkyl halides is 1. The quantitative estimate of drug-likeness (QED) is 0.875. The Hall–Kier alpha value is -1.36. The maximum Gasteiger partial charge on any atom is 0.255 e. The van der Waals surface area contributed by atoms with Gasteiger partial charge in [-0.3, -0.25) is 4.79 Å². The molecule has 0 radical (unpaired) electrons. The van der Waals surface area contributed by atoms with Gasteiger partial charge in [0.05, 0.1) is 22.8 Å². The predicted octanol–water partition coefficient (Wildman–Crippen LogP) is 3.16. The smallest absolute Gasteiger partial charge is 0.255 e. The molecule has 0 spiro atoms. The predicted molar refractivity (Wildman–Crippen MR) is 82.3 cm³/mol. The number of fused-ring (bicyclic) bond motifs is 1. The van der Waals surface area contributed by atoms with Gasteiger partial charge in [-0.15, -0.1) is 0 Å². The highest BCUT2D eigenvalue weighted by atomic mass is 79.9. The topological polar surface area (TPSA) is 46.4 Å². The number of hydrogen-bond donors (Lipinski definition) is 1. The van der Waals surface area contributed by atoms with E-state index < -0.39 is 0 Å². The second kappa shape index (κ2) is 5.56. The second-order valence-corrected chi connectivity index (χ2v) is 6.08. The highest BCUT2D eigenvalue weighted by molar-refractivity contribution is 9.09. The van der Waals surface area contributed by atoms with Crippen molar-refractivity contribution in [2.75, 3.05) is 5.33 Å². The summed E-state index contributed by atoms with van der Waals surface area (Å²) >= 11 is 3.57. The van der Waals surface area contributed by atoms with E-state index in [0.29, 0.717) is 5.56 Å². The number of nitrogens with zero attached hydrogens (tertiary/aromatic N) is 2. The summed E-state index contributed by atoms with van der Waals surface area (Å²) in [7, 11) is 0. The minimum absolute atomic E-state index is 0.0208. The number of carbonyl (C=O) groups excluding carboxylic acids is 1. The van der Waals surface area contributed by atoms with E-state index >= 15 is 0 Å². The third-order valence-corrected chi connectivity index (χ3v) is 5.19. The molecule has 5 heteroatoms. The fourth-order valence-electron chi connectivity index (χ4n) is 2.94. The first-order chi connectivity index (χ1) is 9.74. The van der Waals surface area contributed by atoms with E-state index in [1.54, 1.807) is 10.7 Å². The Morgan fingerprint density at radius 3 is 2.90 bits per heavy atom. The molecule has 0 unspecified atom stereocenters. The van der Waals surface area contributed by atoms with E-state index in [1.165, 1.54) is 19.3 Å². The van der Waals surface area contributed by atoms with Crippen LogP contribution in [0.4, 0.5) is 0 Å². The third-order valence-electron chi connectivity index (χ3n) is 4.12. The molecule has 106 valence electrons. The van der Waals surface area contributed by atoms with Gasteiger partial charge >= 0.3 is 0 Å². The summed E-state index contributed by atoms with van der Waals surface area (Å²) in [5.74, 6) is -0.0208. The summed E-state index contributed by atoms with van der Waals surface area (Å²) in [4.78, 5) is 12.6. The van der Waals surface area contributed by atoms with Gasteiger partial charge in [0.2, 0.25) is 0 Å². The monoisotopic (exact) mass is 335 g/mol. The Morgan fingerprint density at radius 1 is 1.35 bits per heavy atom. The largest absolute Gasteiger partial charge is 0.346 e. The van der Waals surface area contributed by atoms with E-state index in [0.717, 1.165) is 23.7 Å². The van der Waals surface area contributed by atoms with Crippen LogP contribution in [0.5, 0.6) is 0 Å². The van der Waals surface area contributed by atoms with Gasteiger partial charge in [0.1, 0.15) is 0 Å². The Kier molecular flexibility index (Phi) is 3.78. The van der Waals surface area contributed by atoms with Crippen LogP contribution in [0.15, 0.2) is 30.6 Å². The Morgan fingerprint density at radius 2 is 2.15 bits per heavy atom. The number of amides is 1. The lowest BCUT2D eigenvalue weighted by Gasteiger charge is -2.36. The fourth-order valence-corrected chi connectivity index (χ4v) is 3.64. The summed E-state index contributed by atoms with van der Waals surface area (Å²) in [5, 5.41) is 8.27. The van der Waals surface area contributed by atoms with E-state index in [2.05, 4.69) is 26.3 Å². The number of hydrogen-bond acceptors (Lipinski definition) is 2. The molecule has 1 aliphatic carbocycles. The highest BCUT2D eigenvalue weighted by Gasteiger charge is 2.33. The molecule has 20 heavy (non-hydrogen) atoms. The van der Waals surface area contributed by atoms with E-state index in [4.69, 9.17) is 0 Å². The molecule has 2 aromatic heterocycles. The van der Waals surface area contributed by atoms with Crippen LogP contribution < -0.4 is 5.32 Å². The van der Waals surface area contributed by atoms with Crippen molar-refractivity contribution in [3.63, 3.8) is 0 Å². The van der Waals surface area contributed by atoms with Gasteiger partial charge in [-0.1, -0.05) is 41.3 Å². The van der Waals surface area contributed by atoms with Crippen molar-refractivity contribution in [1.29, 1.82) is 0 Å². The fraction of sp³-hybridized carbons (Fsp3) is 0.467. The third kappa shape index (κ3) is 2.46. The van der Waals surface area contributed by atoms with Crippen LogP contribution in [0, 0.1) is 0 Å². The minimum atomic E-state index is -0.0988. The van der Waals surface area contributed by atoms with Gasteiger partial charge < -0.3 is 5.32 Å². The molecule has 1 N–H and O–H groups in total. The van der Waals surface area contributed by atoms with Gasteiger partial charge in [0, 0.05) is 11.5 Å². The number of rotatable bonds is 3. The van der Waals surface area contributed by atoms with Gasteiger partial charge in [-0.05, 0) is 25.0 Å². The van der Waals surface area contributed by atoms with Crippen LogP contribution >= 0.6 is 15.9 Å². The zero-order valence-corrected chi connectivity index (χ0v) is 12.9. The zero-order valence-electron chi connectivity index (χ0n) is 11.3. The molecule has 0 saturated heterocycles. The average molecular weight is 336 g/mol. The van der Waals surface area contributed by atoms with E-state index in [-0.39, 0.29) is 11.4 Å². The second-order valence-electron chi connectivity index (χ2n) is 5.52. The van der Waals surface area contributed by atoms with Crippen LogP contribution in [-0.4, -0.2) is 26.4 Å².